The van der Waals surface area contributed by atoms with Gasteiger partial charge in [0, 0.05) is 10.9 Å². The molecule has 4 N–H and O–H groups in total. The highest BCUT2D eigenvalue weighted by Crippen LogP contribution is 2.29. The van der Waals surface area contributed by atoms with E-state index in [0.29, 0.717) is 22.2 Å². The van der Waals surface area contributed by atoms with E-state index in [-0.39, 0.29) is 24.3 Å². The Morgan fingerprint density at radius 3 is 2.38 bits per heavy atom. The fourth-order valence-corrected chi connectivity index (χ4v) is 3.73. The highest BCUT2D eigenvalue weighted by Gasteiger charge is 2.16. The fourth-order valence-electron chi connectivity index (χ4n) is 3.73. The van der Waals surface area contributed by atoms with E-state index in [2.05, 4.69) is 15.0 Å². The Balaban J connectivity index is 1.52. The van der Waals surface area contributed by atoms with Crippen molar-refractivity contribution in [1.29, 1.82) is 0 Å². The number of para-hydroxylation sites is 1. The maximum atomic E-state index is 13.1. The van der Waals surface area contributed by atoms with Crippen molar-refractivity contribution in [1.82, 2.24) is 19.9 Å². The summed E-state index contributed by atoms with van der Waals surface area (Å²) < 4.78 is 10.8. The van der Waals surface area contributed by atoms with Crippen LogP contribution in [-0.2, 0) is 11.3 Å². The number of esters is 1. The lowest BCUT2D eigenvalue weighted by Gasteiger charge is -2.11. The second-order valence-electron chi connectivity index (χ2n) is 7.54. The van der Waals surface area contributed by atoms with Crippen LogP contribution in [0.15, 0.2) is 66.7 Å². The van der Waals surface area contributed by atoms with Gasteiger partial charge >= 0.3 is 5.97 Å². The predicted molar refractivity (Wildman–Crippen MR) is 129 cm³/mol. The second kappa shape index (κ2) is 8.62. The zero-order valence-electron chi connectivity index (χ0n) is 18.2. The number of hydrogen-bond acceptors (Lipinski definition) is 9. The van der Waals surface area contributed by atoms with E-state index in [9.17, 15) is 4.79 Å². The van der Waals surface area contributed by atoms with E-state index < -0.39 is 5.97 Å². The fraction of sp³-hybridized carbons (Fsp3) is 0.0800. The predicted octanol–water partition coefficient (Wildman–Crippen LogP) is 3.77. The van der Waals surface area contributed by atoms with E-state index >= 15 is 0 Å². The van der Waals surface area contributed by atoms with Crippen molar-refractivity contribution < 1.29 is 14.3 Å². The van der Waals surface area contributed by atoms with E-state index in [0.717, 1.165) is 22.1 Å². The number of fused-ring (bicyclic) bond motifs is 2. The highest BCUT2D eigenvalue weighted by molar-refractivity contribution is 6.04. The Morgan fingerprint density at radius 1 is 0.853 bits per heavy atom. The zero-order chi connectivity index (χ0) is 23.7. The van der Waals surface area contributed by atoms with E-state index in [1.807, 2.05) is 60.7 Å². The minimum absolute atomic E-state index is 0.0379. The Morgan fingerprint density at radius 2 is 1.59 bits per heavy atom. The molecule has 0 fully saturated rings. The Labute approximate surface area is 194 Å². The van der Waals surface area contributed by atoms with Gasteiger partial charge in [0.05, 0.1) is 23.9 Å². The van der Waals surface area contributed by atoms with Crippen molar-refractivity contribution >= 4 is 39.5 Å². The largest absolute Gasteiger partial charge is 0.497 e. The summed E-state index contributed by atoms with van der Waals surface area (Å²) in [4.78, 5) is 29.4. The number of ether oxygens (including phenoxy) is 2. The number of pyridine rings is 1. The van der Waals surface area contributed by atoms with E-state index in [1.165, 1.54) is 0 Å². The minimum atomic E-state index is -0.539. The topological polar surface area (TPSA) is 139 Å². The number of carbonyl (C=O) groups excluding carboxylic acids is 1. The molecule has 0 atom stereocenters. The molecular weight excluding hydrogens is 432 g/mol. The van der Waals surface area contributed by atoms with Crippen LogP contribution in [0.2, 0.25) is 0 Å². The smallest absolute Gasteiger partial charge is 0.339 e. The van der Waals surface area contributed by atoms with Crippen LogP contribution in [0.3, 0.4) is 0 Å². The number of nitrogens with two attached hydrogens (primary N) is 2. The van der Waals surface area contributed by atoms with Crippen molar-refractivity contribution in [2.75, 3.05) is 18.6 Å². The van der Waals surface area contributed by atoms with Gasteiger partial charge in [-0.1, -0.05) is 36.4 Å². The molecule has 168 valence electrons. The summed E-state index contributed by atoms with van der Waals surface area (Å²) in [5.74, 6) is 0.342. The zero-order valence-corrected chi connectivity index (χ0v) is 18.2. The first kappa shape index (κ1) is 21.1. The van der Waals surface area contributed by atoms with E-state index in [4.69, 9.17) is 25.9 Å². The van der Waals surface area contributed by atoms with Crippen LogP contribution in [0.25, 0.3) is 32.9 Å². The Kier molecular flexibility index (Phi) is 5.35. The third-order valence-electron chi connectivity index (χ3n) is 5.33. The average Bonchev–Trinajstić information content (AvgIpc) is 2.85. The van der Waals surface area contributed by atoms with Crippen molar-refractivity contribution in [2.45, 2.75) is 6.61 Å². The van der Waals surface area contributed by atoms with Crippen LogP contribution < -0.4 is 16.2 Å². The molecule has 9 heteroatoms. The van der Waals surface area contributed by atoms with Gasteiger partial charge in [-0.05, 0) is 41.1 Å². The molecule has 0 bridgehead atoms. The summed E-state index contributed by atoms with van der Waals surface area (Å²) in [6.45, 7) is -0.195. The van der Waals surface area contributed by atoms with Crippen LogP contribution in [0.1, 0.15) is 16.2 Å². The number of benzene rings is 3. The number of nitrogen functional groups attached to an aromatic ring is 2. The Bertz CT molecular complexity index is 1530. The summed E-state index contributed by atoms with van der Waals surface area (Å²) in [6.07, 6.45) is 0. The normalized spacial score (nSPS) is 11.0. The first-order chi connectivity index (χ1) is 16.5. The average molecular weight is 452 g/mol. The number of hydrogen-bond donors (Lipinski definition) is 2. The lowest BCUT2D eigenvalue weighted by Crippen LogP contribution is -2.11. The molecule has 0 unspecified atom stereocenters. The molecule has 0 spiro atoms. The molecule has 0 aliphatic carbocycles. The number of rotatable bonds is 5. The maximum Gasteiger partial charge on any atom is 0.339 e. The minimum Gasteiger partial charge on any atom is -0.497 e. The van der Waals surface area contributed by atoms with Gasteiger partial charge in [0.1, 0.15) is 5.75 Å². The van der Waals surface area contributed by atoms with Crippen molar-refractivity contribution in [3.8, 4) is 17.0 Å². The lowest BCUT2D eigenvalue weighted by atomic mass is 10.0. The van der Waals surface area contributed by atoms with Gasteiger partial charge < -0.3 is 20.9 Å². The molecule has 34 heavy (non-hydrogen) atoms. The summed E-state index contributed by atoms with van der Waals surface area (Å²) >= 11 is 0. The van der Waals surface area contributed by atoms with Gasteiger partial charge in [0.2, 0.25) is 11.9 Å². The summed E-state index contributed by atoms with van der Waals surface area (Å²) in [6, 6.07) is 21.0. The SMILES string of the molecule is COc1ccc2cc(-c3cc(C(=O)OCc4nc(N)nc(N)n4)c4ccccc4n3)ccc2c1. The van der Waals surface area contributed by atoms with Gasteiger partial charge in [-0.25, -0.2) is 9.78 Å². The molecule has 0 aliphatic heterocycles. The third-order valence-corrected chi connectivity index (χ3v) is 5.33. The number of nitrogens with zero attached hydrogens (tertiary/aromatic N) is 4. The first-order valence-electron chi connectivity index (χ1n) is 10.4. The molecule has 0 radical (unpaired) electrons. The summed E-state index contributed by atoms with van der Waals surface area (Å²) in [7, 11) is 1.64. The molecule has 0 saturated carbocycles. The van der Waals surface area contributed by atoms with Gasteiger partial charge in [-0.2, -0.15) is 15.0 Å². The van der Waals surface area contributed by atoms with E-state index in [1.54, 1.807) is 13.2 Å². The van der Waals surface area contributed by atoms with Crippen molar-refractivity contribution in [3.05, 3.63) is 78.1 Å². The Hall–Kier alpha value is -4.79. The van der Waals surface area contributed by atoms with Gasteiger partial charge in [0.15, 0.2) is 12.4 Å². The maximum absolute atomic E-state index is 13.1. The molecule has 3 aromatic carbocycles. The van der Waals surface area contributed by atoms with Crippen LogP contribution in [-0.4, -0.2) is 33.0 Å². The lowest BCUT2D eigenvalue weighted by molar-refractivity contribution is 0.0464. The molecule has 9 nitrogen and oxygen atoms in total. The number of carbonyl (C=O) groups is 1. The molecule has 5 aromatic rings. The van der Waals surface area contributed by atoms with Crippen LogP contribution in [0, 0.1) is 0 Å². The van der Waals surface area contributed by atoms with Crippen LogP contribution in [0.5, 0.6) is 5.75 Å². The first-order valence-corrected chi connectivity index (χ1v) is 10.4. The van der Waals surface area contributed by atoms with Crippen LogP contribution >= 0.6 is 0 Å². The standard InChI is InChI=1S/C25H20N6O3/c1-33-17-9-8-14-10-16(7-6-15(14)11-17)21-12-19(18-4-2-3-5-20(18)28-21)23(32)34-13-22-29-24(26)31-25(27)30-22/h2-12H,13H2,1H3,(H4,26,27,29,30,31). The second-order valence-corrected chi connectivity index (χ2v) is 7.54. The number of methoxy groups -OCH3 is 1. The summed E-state index contributed by atoms with van der Waals surface area (Å²) in [5, 5.41) is 2.75. The van der Waals surface area contributed by atoms with Gasteiger partial charge in [0.25, 0.3) is 0 Å². The molecule has 2 aromatic heterocycles. The number of anilines is 2. The molecule has 5 rings (SSSR count). The monoisotopic (exact) mass is 452 g/mol. The third kappa shape index (κ3) is 4.14. The highest BCUT2D eigenvalue weighted by atomic mass is 16.5. The molecule has 0 aliphatic rings. The van der Waals surface area contributed by atoms with Crippen molar-refractivity contribution in [2.24, 2.45) is 0 Å². The summed E-state index contributed by atoms with van der Waals surface area (Å²) in [5.41, 5.74) is 13.8. The van der Waals surface area contributed by atoms with Crippen LogP contribution in [0.4, 0.5) is 11.9 Å². The molecular formula is C25H20N6O3. The quantitative estimate of drug-likeness (QED) is 0.381. The van der Waals surface area contributed by atoms with Crippen molar-refractivity contribution in [3.63, 3.8) is 0 Å². The number of aromatic nitrogens is 4. The van der Waals surface area contributed by atoms with Gasteiger partial charge in [-0.3, -0.25) is 0 Å². The van der Waals surface area contributed by atoms with Gasteiger partial charge in [-0.15, -0.1) is 0 Å². The molecule has 0 saturated heterocycles. The molecule has 0 amide bonds. The molecule has 2 heterocycles.